The largest absolute Gasteiger partial charge is 0.340 e. The molecular weight excluding hydrogens is 366 g/mol. The lowest BCUT2D eigenvalue weighted by atomic mass is 10.1. The van der Waals surface area contributed by atoms with Crippen molar-refractivity contribution in [1.29, 1.82) is 0 Å². The third-order valence-corrected chi connectivity index (χ3v) is 4.87. The van der Waals surface area contributed by atoms with E-state index in [0.717, 1.165) is 46.6 Å². The molecule has 0 atom stereocenters. The fourth-order valence-corrected chi connectivity index (χ4v) is 3.24. The topological polar surface area (TPSA) is 110 Å². The number of anilines is 3. The summed E-state index contributed by atoms with van der Waals surface area (Å²) in [5.74, 6) is 1.65. The summed E-state index contributed by atoms with van der Waals surface area (Å²) >= 11 is 0. The number of benzene rings is 1. The van der Waals surface area contributed by atoms with Crippen molar-refractivity contribution < 1.29 is 9.78 Å². The molecule has 144 valence electrons. The first-order valence-electron chi connectivity index (χ1n) is 9.54. The summed E-state index contributed by atoms with van der Waals surface area (Å²) in [6, 6.07) is 11.5. The number of nitrogens with zero attached hydrogens (tertiary/aromatic N) is 3. The average molecular weight is 386 g/mol. The zero-order valence-corrected chi connectivity index (χ0v) is 15.9. The van der Waals surface area contributed by atoms with Crippen LogP contribution in [0.1, 0.15) is 18.7 Å². The van der Waals surface area contributed by atoms with Crippen molar-refractivity contribution in [3.63, 3.8) is 0 Å². The summed E-state index contributed by atoms with van der Waals surface area (Å²) in [4.78, 5) is 31.7. The van der Waals surface area contributed by atoms with E-state index in [2.05, 4.69) is 35.6 Å². The number of carbonyl (C=O) groups is 1. The zero-order valence-electron chi connectivity index (χ0n) is 15.9. The number of nitrogens with one attached hydrogen (secondary N) is 4. The van der Waals surface area contributed by atoms with Gasteiger partial charge in [-0.15, -0.1) is 0 Å². The normalized spacial score (nSPS) is 13.4. The standard InChI is InChI=1S/C21H19N7O/c1-12-25-17(18-20(26-12)24-11-23-18)16-3-2-10-22-19(16)27-14-6-8-15(9-7-14)28-21(29)13-4-5-13/h2-3,6-11,13H,4-5H2,1H3,(H,22,27)(H,28,29)(H,23,24,25,26)/p+1. The minimum Gasteiger partial charge on any atom is -0.340 e. The molecule has 3 aromatic heterocycles. The molecule has 4 aromatic rings. The van der Waals surface area contributed by atoms with E-state index >= 15 is 0 Å². The van der Waals surface area contributed by atoms with E-state index in [4.69, 9.17) is 0 Å². The molecule has 0 bridgehead atoms. The van der Waals surface area contributed by atoms with Crippen LogP contribution in [0.15, 0.2) is 48.9 Å². The van der Waals surface area contributed by atoms with Crippen molar-refractivity contribution in [1.82, 2.24) is 19.9 Å². The van der Waals surface area contributed by atoms with Gasteiger partial charge in [0.15, 0.2) is 11.8 Å². The Bertz CT molecular complexity index is 1200. The molecule has 1 aliphatic rings. The highest BCUT2D eigenvalue weighted by molar-refractivity contribution is 5.94. The number of hydrogen-bond donors (Lipinski definition) is 3. The molecule has 3 heterocycles. The van der Waals surface area contributed by atoms with Gasteiger partial charge >= 0.3 is 5.65 Å². The van der Waals surface area contributed by atoms with Crippen LogP contribution in [0, 0.1) is 12.8 Å². The van der Waals surface area contributed by atoms with Gasteiger partial charge in [0.05, 0.1) is 0 Å². The fourth-order valence-electron chi connectivity index (χ4n) is 3.24. The molecule has 1 fully saturated rings. The van der Waals surface area contributed by atoms with Gasteiger partial charge < -0.3 is 10.6 Å². The van der Waals surface area contributed by atoms with Gasteiger partial charge in [0.1, 0.15) is 11.5 Å². The highest BCUT2D eigenvalue weighted by Crippen LogP contribution is 2.32. The Labute approximate surface area is 166 Å². The number of fused-ring (bicyclic) bond motifs is 1. The smallest absolute Gasteiger partial charge is 0.303 e. The Morgan fingerprint density at radius 2 is 1.93 bits per heavy atom. The van der Waals surface area contributed by atoms with Crippen LogP contribution < -0.4 is 15.6 Å². The number of rotatable bonds is 5. The highest BCUT2D eigenvalue weighted by Gasteiger charge is 2.29. The van der Waals surface area contributed by atoms with Gasteiger partial charge in [0.25, 0.3) is 0 Å². The summed E-state index contributed by atoms with van der Waals surface area (Å²) in [6.45, 7) is 1.86. The molecule has 8 nitrogen and oxygen atoms in total. The van der Waals surface area contributed by atoms with Crippen LogP contribution in [-0.2, 0) is 4.79 Å². The molecule has 8 heteroatoms. The second-order valence-corrected chi connectivity index (χ2v) is 7.14. The molecule has 29 heavy (non-hydrogen) atoms. The molecular formula is C21H20N7O+. The van der Waals surface area contributed by atoms with E-state index < -0.39 is 0 Å². The van der Waals surface area contributed by atoms with Gasteiger partial charge in [-0.2, -0.15) is 0 Å². The number of H-pyrrole nitrogens is 2. The van der Waals surface area contributed by atoms with E-state index in [1.165, 1.54) is 0 Å². The fraction of sp³-hybridized carbons (Fsp3) is 0.190. The highest BCUT2D eigenvalue weighted by atomic mass is 16.2. The number of aryl methyl sites for hydroxylation is 1. The predicted molar refractivity (Wildman–Crippen MR) is 109 cm³/mol. The van der Waals surface area contributed by atoms with Crippen LogP contribution >= 0.6 is 0 Å². The second-order valence-electron chi connectivity index (χ2n) is 7.14. The summed E-state index contributed by atoms with van der Waals surface area (Å²) in [5.41, 5.74) is 4.88. The first-order valence-corrected chi connectivity index (χ1v) is 9.54. The van der Waals surface area contributed by atoms with Crippen LogP contribution in [0.5, 0.6) is 0 Å². The first-order chi connectivity index (χ1) is 14.2. The molecule has 0 saturated heterocycles. The first kappa shape index (κ1) is 17.3. The van der Waals surface area contributed by atoms with E-state index in [1.54, 1.807) is 12.5 Å². The van der Waals surface area contributed by atoms with E-state index in [1.807, 2.05) is 43.3 Å². The Morgan fingerprint density at radius 1 is 1.14 bits per heavy atom. The van der Waals surface area contributed by atoms with Gasteiger partial charge in [-0.25, -0.2) is 15.0 Å². The van der Waals surface area contributed by atoms with Gasteiger partial charge in [-0.1, -0.05) is 4.98 Å². The summed E-state index contributed by atoms with van der Waals surface area (Å²) in [6.07, 6.45) is 5.45. The summed E-state index contributed by atoms with van der Waals surface area (Å²) in [7, 11) is 0. The number of carbonyl (C=O) groups excluding carboxylic acids is 1. The number of aromatic nitrogens is 5. The van der Waals surface area contributed by atoms with Crippen LogP contribution in [0.2, 0.25) is 0 Å². The van der Waals surface area contributed by atoms with Crippen molar-refractivity contribution >= 4 is 34.3 Å². The van der Waals surface area contributed by atoms with Crippen molar-refractivity contribution in [2.24, 2.45) is 5.92 Å². The molecule has 0 aliphatic heterocycles. The lowest BCUT2D eigenvalue weighted by Gasteiger charge is -2.11. The minimum absolute atomic E-state index is 0.101. The maximum absolute atomic E-state index is 11.9. The molecule has 1 aliphatic carbocycles. The molecule has 0 spiro atoms. The summed E-state index contributed by atoms with van der Waals surface area (Å²) < 4.78 is 0. The van der Waals surface area contributed by atoms with Crippen molar-refractivity contribution in [2.75, 3.05) is 10.6 Å². The van der Waals surface area contributed by atoms with Crippen LogP contribution in [0.3, 0.4) is 0 Å². The number of pyridine rings is 1. The lowest BCUT2D eigenvalue weighted by Crippen LogP contribution is -2.13. The molecule has 1 aromatic carbocycles. The molecule has 4 N–H and O–H groups in total. The van der Waals surface area contributed by atoms with Gasteiger partial charge in [0.2, 0.25) is 11.7 Å². The van der Waals surface area contributed by atoms with Gasteiger partial charge in [-0.05, 0) is 49.2 Å². The van der Waals surface area contributed by atoms with Crippen LogP contribution in [0.4, 0.5) is 17.2 Å². The Hall–Kier alpha value is -3.81. The molecule has 0 unspecified atom stereocenters. The third kappa shape index (κ3) is 3.52. The molecule has 0 radical (unpaired) electrons. The van der Waals surface area contributed by atoms with Gasteiger partial charge in [0, 0.05) is 36.0 Å². The third-order valence-electron chi connectivity index (χ3n) is 4.87. The molecule has 5 rings (SSSR count). The van der Waals surface area contributed by atoms with E-state index in [0.29, 0.717) is 11.6 Å². The quantitative estimate of drug-likeness (QED) is 0.488. The minimum atomic E-state index is 0.101. The SMILES string of the molecule is Cc1nc(-c2cccnc2Nc2ccc(NC(=O)C3CC3)cc2)c2[nH]c[nH+]c2n1. The van der Waals surface area contributed by atoms with Crippen molar-refractivity contribution in [3.8, 4) is 11.3 Å². The van der Waals surface area contributed by atoms with E-state index in [9.17, 15) is 4.79 Å². The van der Waals surface area contributed by atoms with Crippen molar-refractivity contribution in [3.05, 3.63) is 54.7 Å². The number of imidazole rings is 1. The number of aromatic amines is 2. The predicted octanol–water partition coefficient (Wildman–Crippen LogP) is 3.23. The molecule has 1 amide bonds. The second kappa shape index (κ2) is 6.97. The van der Waals surface area contributed by atoms with Crippen LogP contribution in [0.25, 0.3) is 22.4 Å². The average Bonchev–Trinajstić information content (AvgIpc) is 3.48. The van der Waals surface area contributed by atoms with Crippen molar-refractivity contribution in [2.45, 2.75) is 19.8 Å². The van der Waals surface area contributed by atoms with Gasteiger partial charge in [-0.3, -0.25) is 9.78 Å². The maximum atomic E-state index is 11.9. The lowest BCUT2D eigenvalue weighted by molar-refractivity contribution is -0.347. The Kier molecular flexibility index (Phi) is 4.16. The molecule has 1 saturated carbocycles. The maximum Gasteiger partial charge on any atom is 0.303 e. The summed E-state index contributed by atoms with van der Waals surface area (Å²) in [5, 5.41) is 6.30. The Balaban J connectivity index is 1.44. The Morgan fingerprint density at radius 3 is 2.72 bits per heavy atom. The number of hydrogen-bond acceptors (Lipinski definition) is 5. The zero-order chi connectivity index (χ0) is 19.8. The monoisotopic (exact) mass is 386 g/mol. The van der Waals surface area contributed by atoms with Crippen LogP contribution in [-0.4, -0.2) is 25.8 Å². The van der Waals surface area contributed by atoms with E-state index in [-0.39, 0.29) is 11.8 Å². The number of amides is 1.